The normalized spacial score (nSPS) is 22.5. The molecule has 104 valence electrons. The Morgan fingerprint density at radius 1 is 1.56 bits per heavy atom. The van der Waals surface area contributed by atoms with Crippen LogP contribution in [0.4, 0.5) is 0 Å². The SMILES string of the molecule is CCC(C)C(=O)NC1(/C(N)=N/O)CCN(C)CC1. The minimum Gasteiger partial charge on any atom is -0.409 e. The van der Waals surface area contributed by atoms with E-state index in [1.165, 1.54) is 0 Å². The average molecular weight is 256 g/mol. The van der Waals surface area contributed by atoms with Crippen LogP contribution in [0.25, 0.3) is 0 Å². The second-order valence-corrected chi connectivity index (χ2v) is 5.17. The number of hydrogen-bond donors (Lipinski definition) is 3. The van der Waals surface area contributed by atoms with Gasteiger partial charge in [0, 0.05) is 19.0 Å². The van der Waals surface area contributed by atoms with Gasteiger partial charge in [-0.25, -0.2) is 0 Å². The van der Waals surface area contributed by atoms with Gasteiger partial charge < -0.3 is 21.2 Å². The Bertz CT molecular complexity index is 322. The van der Waals surface area contributed by atoms with E-state index in [1.807, 2.05) is 20.9 Å². The number of nitrogens with one attached hydrogen (secondary N) is 1. The standard InChI is InChI=1S/C12H24N4O2/c1-4-9(2)10(17)14-12(11(13)15-18)5-7-16(3)8-6-12/h9,18H,4-8H2,1-3H3,(H2,13,15)(H,14,17). The number of oxime groups is 1. The summed E-state index contributed by atoms with van der Waals surface area (Å²) in [4.78, 5) is 14.2. The van der Waals surface area contributed by atoms with E-state index in [0.29, 0.717) is 12.8 Å². The molecule has 0 radical (unpaired) electrons. The third-order valence-electron chi connectivity index (χ3n) is 3.86. The van der Waals surface area contributed by atoms with Crippen LogP contribution in [-0.4, -0.2) is 47.5 Å². The first-order valence-electron chi connectivity index (χ1n) is 6.43. The Morgan fingerprint density at radius 2 is 2.11 bits per heavy atom. The lowest BCUT2D eigenvalue weighted by atomic mass is 9.85. The van der Waals surface area contributed by atoms with Crippen LogP contribution in [0.2, 0.25) is 0 Å². The van der Waals surface area contributed by atoms with Crippen LogP contribution < -0.4 is 11.1 Å². The van der Waals surface area contributed by atoms with Gasteiger partial charge in [0.15, 0.2) is 5.84 Å². The molecule has 0 aromatic rings. The summed E-state index contributed by atoms with van der Waals surface area (Å²) in [6.45, 7) is 5.48. The number of carbonyl (C=O) groups is 1. The fraction of sp³-hybridized carbons (Fsp3) is 0.833. The minimum absolute atomic E-state index is 0.0337. The quantitative estimate of drug-likeness (QED) is 0.293. The number of piperidine rings is 1. The number of amides is 1. The van der Waals surface area contributed by atoms with E-state index < -0.39 is 5.54 Å². The van der Waals surface area contributed by atoms with Crippen LogP contribution >= 0.6 is 0 Å². The van der Waals surface area contributed by atoms with E-state index in [9.17, 15) is 4.79 Å². The van der Waals surface area contributed by atoms with Crippen LogP contribution in [0.5, 0.6) is 0 Å². The molecule has 0 aromatic carbocycles. The molecule has 18 heavy (non-hydrogen) atoms. The lowest BCUT2D eigenvalue weighted by molar-refractivity contribution is -0.126. The average Bonchev–Trinajstić information content (AvgIpc) is 2.39. The van der Waals surface area contributed by atoms with Crippen molar-refractivity contribution in [1.29, 1.82) is 0 Å². The lowest BCUT2D eigenvalue weighted by Crippen LogP contribution is -2.62. The van der Waals surface area contributed by atoms with Crippen LogP contribution in [0, 0.1) is 5.92 Å². The number of amidine groups is 1. The molecule has 1 atom stereocenters. The Morgan fingerprint density at radius 3 is 2.56 bits per heavy atom. The van der Waals surface area contributed by atoms with Gasteiger partial charge in [0.05, 0.1) is 0 Å². The molecule has 0 saturated carbocycles. The number of nitrogens with zero attached hydrogens (tertiary/aromatic N) is 2. The molecule has 1 amide bonds. The molecule has 0 aliphatic carbocycles. The summed E-state index contributed by atoms with van der Waals surface area (Å²) in [5, 5.41) is 15.0. The number of hydrogen-bond acceptors (Lipinski definition) is 4. The van der Waals surface area contributed by atoms with Crippen LogP contribution in [0.3, 0.4) is 0 Å². The first-order valence-corrected chi connectivity index (χ1v) is 6.43. The summed E-state index contributed by atoms with van der Waals surface area (Å²) in [6, 6.07) is 0. The molecule has 4 N–H and O–H groups in total. The molecule has 6 heteroatoms. The molecule has 0 aromatic heterocycles. The zero-order chi connectivity index (χ0) is 13.8. The van der Waals surface area contributed by atoms with Gasteiger partial charge in [0.2, 0.25) is 5.91 Å². The molecule has 0 spiro atoms. The van der Waals surface area contributed by atoms with Gasteiger partial charge in [-0.1, -0.05) is 19.0 Å². The summed E-state index contributed by atoms with van der Waals surface area (Å²) in [5.41, 5.74) is 5.09. The first kappa shape index (κ1) is 14.8. The largest absolute Gasteiger partial charge is 0.409 e. The van der Waals surface area contributed by atoms with E-state index in [0.717, 1.165) is 19.5 Å². The van der Waals surface area contributed by atoms with Gasteiger partial charge in [-0.3, -0.25) is 4.79 Å². The van der Waals surface area contributed by atoms with Crippen LogP contribution in [0.15, 0.2) is 5.16 Å². The highest BCUT2D eigenvalue weighted by Crippen LogP contribution is 2.23. The second kappa shape index (κ2) is 6.04. The Hall–Kier alpha value is -1.30. The summed E-state index contributed by atoms with van der Waals surface area (Å²) in [6.07, 6.45) is 2.11. The molecule has 1 unspecified atom stereocenters. The lowest BCUT2D eigenvalue weighted by Gasteiger charge is -2.40. The highest BCUT2D eigenvalue weighted by atomic mass is 16.4. The fourth-order valence-corrected chi connectivity index (χ4v) is 2.09. The molecule has 6 nitrogen and oxygen atoms in total. The van der Waals surface area contributed by atoms with Crippen LogP contribution in [-0.2, 0) is 4.79 Å². The maximum atomic E-state index is 12.0. The number of likely N-dealkylation sites (tertiary alicyclic amines) is 1. The monoisotopic (exact) mass is 256 g/mol. The third kappa shape index (κ3) is 3.13. The van der Waals surface area contributed by atoms with Crippen molar-refractivity contribution in [3.05, 3.63) is 0 Å². The van der Waals surface area contributed by atoms with Crippen molar-refractivity contribution in [2.75, 3.05) is 20.1 Å². The van der Waals surface area contributed by atoms with Gasteiger partial charge >= 0.3 is 0 Å². The molecular formula is C12H24N4O2. The van der Waals surface area contributed by atoms with Crippen molar-refractivity contribution >= 4 is 11.7 Å². The molecule has 1 heterocycles. The fourth-order valence-electron chi connectivity index (χ4n) is 2.09. The van der Waals surface area contributed by atoms with Crippen molar-refractivity contribution in [3.63, 3.8) is 0 Å². The van der Waals surface area contributed by atoms with E-state index in [4.69, 9.17) is 10.9 Å². The van der Waals surface area contributed by atoms with E-state index in [1.54, 1.807) is 0 Å². The summed E-state index contributed by atoms with van der Waals surface area (Å²) < 4.78 is 0. The Balaban J connectivity index is 2.83. The first-order chi connectivity index (χ1) is 8.45. The molecule has 1 aliphatic rings. The highest BCUT2D eigenvalue weighted by Gasteiger charge is 2.40. The van der Waals surface area contributed by atoms with E-state index in [-0.39, 0.29) is 17.7 Å². The predicted molar refractivity (Wildman–Crippen MR) is 70.5 cm³/mol. The van der Waals surface area contributed by atoms with Crippen molar-refractivity contribution < 1.29 is 10.0 Å². The zero-order valence-corrected chi connectivity index (χ0v) is 11.4. The van der Waals surface area contributed by atoms with Crippen molar-refractivity contribution in [2.45, 2.75) is 38.6 Å². The van der Waals surface area contributed by atoms with Gasteiger partial charge in [-0.15, -0.1) is 0 Å². The number of rotatable bonds is 4. The summed E-state index contributed by atoms with van der Waals surface area (Å²) >= 11 is 0. The smallest absolute Gasteiger partial charge is 0.223 e. The van der Waals surface area contributed by atoms with Gasteiger partial charge in [-0.2, -0.15) is 0 Å². The highest BCUT2D eigenvalue weighted by molar-refractivity contribution is 5.94. The maximum absolute atomic E-state index is 12.0. The van der Waals surface area contributed by atoms with Gasteiger partial charge in [0.25, 0.3) is 0 Å². The molecule has 1 saturated heterocycles. The third-order valence-corrected chi connectivity index (χ3v) is 3.86. The van der Waals surface area contributed by atoms with E-state index >= 15 is 0 Å². The molecule has 0 bridgehead atoms. The maximum Gasteiger partial charge on any atom is 0.223 e. The minimum atomic E-state index is -0.693. The number of nitrogens with two attached hydrogens (primary N) is 1. The molecule has 1 aliphatic heterocycles. The molecular weight excluding hydrogens is 232 g/mol. The topological polar surface area (TPSA) is 91.0 Å². The number of carbonyl (C=O) groups excluding carboxylic acids is 1. The molecule has 1 rings (SSSR count). The van der Waals surface area contributed by atoms with Crippen molar-refractivity contribution in [3.8, 4) is 0 Å². The van der Waals surface area contributed by atoms with Crippen molar-refractivity contribution in [1.82, 2.24) is 10.2 Å². The molecule has 1 fully saturated rings. The van der Waals surface area contributed by atoms with Gasteiger partial charge in [0.1, 0.15) is 5.54 Å². The predicted octanol–water partition coefficient (Wildman–Crippen LogP) is 0.360. The van der Waals surface area contributed by atoms with Crippen molar-refractivity contribution in [2.24, 2.45) is 16.8 Å². The van der Waals surface area contributed by atoms with Crippen LogP contribution in [0.1, 0.15) is 33.1 Å². The summed E-state index contributed by atoms with van der Waals surface area (Å²) in [5.74, 6) is 0.00827. The Labute approximate surface area is 108 Å². The summed E-state index contributed by atoms with van der Waals surface area (Å²) in [7, 11) is 2.02. The zero-order valence-electron chi connectivity index (χ0n) is 11.4. The van der Waals surface area contributed by atoms with E-state index in [2.05, 4.69) is 15.4 Å². The van der Waals surface area contributed by atoms with Gasteiger partial charge in [-0.05, 0) is 26.3 Å². The second-order valence-electron chi connectivity index (χ2n) is 5.17. The Kier molecular flexibility index (Phi) is 4.95.